The standard InChI is InChI=1S/C15H14N4O/c1-11-7-8-12(10-17-11)15(20)19-14-6-2-4-13(18-14)5-3-9-16/h2,4,6-8,10H,9,16H2,1H3,(H,18,19,20). The number of nitrogens with one attached hydrogen (secondary N) is 1. The molecule has 0 atom stereocenters. The quantitative estimate of drug-likeness (QED) is 0.804. The number of anilines is 1. The van der Waals surface area contributed by atoms with Crippen LogP contribution in [0.4, 0.5) is 5.82 Å². The Bertz CT molecular complexity index is 668. The maximum Gasteiger partial charge on any atom is 0.258 e. The molecule has 2 rings (SSSR count). The van der Waals surface area contributed by atoms with Gasteiger partial charge in [-0.15, -0.1) is 0 Å². The van der Waals surface area contributed by atoms with Crippen molar-refractivity contribution in [3.63, 3.8) is 0 Å². The molecule has 0 saturated heterocycles. The molecule has 0 aliphatic heterocycles. The molecule has 100 valence electrons. The van der Waals surface area contributed by atoms with Gasteiger partial charge in [-0.2, -0.15) is 0 Å². The zero-order valence-corrected chi connectivity index (χ0v) is 11.1. The molecular formula is C15H14N4O. The Labute approximate surface area is 117 Å². The van der Waals surface area contributed by atoms with Crippen LogP contribution in [0.2, 0.25) is 0 Å². The first-order valence-corrected chi connectivity index (χ1v) is 6.09. The molecule has 2 heterocycles. The average Bonchev–Trinajstić information content (AvgIpc) is 2.46. The molecule has 1 amide bonds. The number of rotatable bonds is 2. The van der Waals surface area contributed by atoms with Gasteiger partial charge in [0.15, 0.2) is 0 Å². The Balaban J connectivity index is 2.13. The highest BCUT2D eigenvalue weighted by molar-refractivity contribution is 6.03. The van der Waals surface area contributed by atoms with Gasteiger partial charge in [0, 0.05) is 11.9 Å². The predicted octanol–water partition coefficient (Wildman–Crippen LogP) is 1.35. The highest BCUT2D eigenvalue weighted by atomic mass is 16.1. The van der Waals surface area contributed by atoms with Gasteiger partial charge in [0.05, 0.1) is 12.1 Å². The van der Waals surface area contributed by atoms with Crippen LogP contribution in [0.25, 0.3) is 0 Å². The summed E-state index contributed by atoms with van der Waals surface area (Å²) in [5.41, 5.74) is 7.21. The number of amides is 1. The highest BCUT2D eigenvalue weighted by Gasteiger charge is 2.07. The third-order valence-electron chi connectivity index (χ3n) is 2.48. The van der Waals surface area contributed by atoms with E-state index in [-0.39, 0.29) is 12.5 Å². The monoisotopic (exact) mass is 266 g/mol. The number of aromatic nitrogens is 2. The first kappa shape index (κ1) is 13.7. The van der Waals surface area contributed by atoms with Crippen LogP contribution in [0.15, 0.2) is 36.5 Å². The van der Waals surface area contributed by atoms with Crippen LogP contribution < -0.4 is 11.1 Å². The number of nitrogens with two attached hydrogens (primary N) is 1. The van der Waals surface area contributed by atoms with Crippen molar-refractivity contribution >= 4 is 11.7 Å². The van der Waals surface area contributed by atoms with E-state index in [1.54, 1.807) is 30.3 Å². The summed E-state index contributed by atoms with van der Waals surface area (Å²) >= 11 is 0. The van der Waals surface area contributed by atoms with Gasteiger partial charge in [-0.25, -0.2) is 4.98 Å². The summed E-state index contributed by atoms with van der Waals surface area (Å²) in [6.45, 7) is 2.14. The largest absolute Gasteiger partial charge is 0.320 e. The first-order valence-electron chi connectivity index (χ1n) is 6.09. The van der Waals surface area contributed by atoms with Crippen LogP contribution in [0.3, 0.4) is 0 Å². The molecule has 0 fully saturated rings. The van der Waals surface area contributed by atoms with Crippen molar-refractivity contribution in [3.8, 4) is 11.8 Å². The Morgan fingerprint density at radius 2 is 2.20 bits per heavy atom. The van der Waals surface area contributed by atoms with Crippen LogP contribution in [0.5, 0.6) is 0 Å². The molecule has 5 heteroatoms. The van der Waals surface area contributed by atoms with Gasteiger partial charge in [-0.1, -0.05) is 12.0 Å². The molecule has 0 bridgehead atoms. The Hall–Kier alpha value is -2.71. The Kier molecular flexibility index (Phi) is 4.43. The molecule has 0 saturated carbocycles. The molecule has 0 spiro atoms. The molecule has 0 aromatic carbocycles. The van der Waals surface area contributed by atoms with E-state index in [1.807, 2.05) is 6.92 Å². The number of carbonyl (C=O) groups is 1. The summed E-state index contributed by atoms with van der Waals surface area (Å²) in [7, 11) is 0. The summed E-state index contributed by atoms with van der Waals surface area (Å²) < 4.78 is 0. The second-order valence-electron chi connectivity index (χ2n) is 4.06. The Morgan fingerprint density at radius 1 is 1.35 bits per heavy atom. The molecular weight excluding hydrogens is 252 g/mol. The normalized spacial score (nSPS) is 9.50. The van der Waals surface area contributed by atoms with Crippen LogP contribution >= 0.6 is 0 Å². The first-order chi connectivity index (χ1) is 9.69. The van der Waals surface area contributed by atoms with Crippen LogP contribution in [-0.2, 0) is 0 Å². The predicted molar refractivity (Wildman–Crippen MR) is 77.1 cm³/mol. The molecule has 20 heavy (non-hydrogen) atoms. The highest BCUT2D eigenvalue weighted by Crippen LogP contribution is 2.07. The molecule has 5 nitrogen and oxygen atoms in total. The van der Waals surface area contributed by atoms with Crippen molar-refractivity contribution in [2.75, 3.05) is 11.9 Å². The van der Waals surface area contributed by atoms with Crippen LogP contribution in [-0.4, -0.2) is 22.4 Å². The third kappa shape index (κ3) is 3.64. The zero-order valence-electron chi connectivity index (χ0n) is 11.1. The summed E-state index contributed by atoms with van der Waals surface area (Å²) in [5, 5.41) is 2.71. The lowest BCUT2D eigenvalue weighted by Gasteiger charge is -2.04. The fourth-order valence-electron chi connectivity index (χ4n) is 1.51. The third-order valence-corrected chi connectivity index (χ3v) is 2.48. The van der Waals surface area contributed by atoms with Crippen molar-refractivity contribution < 1.29 is 4.79 Å². The fraction of sp³-hybridized carbons (Fsp3) is 0.133. The van der Waals surface area contributed by atoms with E-state index in [9.17, 15) is 4.79 Å². The van der Waals surface area contributed by atoms with E-state index >= 15 is 0 Å². The zero-order chi connectivity index (χ0) is 14.4. The van der Waals surface area contributed by atoms with Gasteiger partial charge in [0.2, 0.25) is 0 Å². The summed E-state index contributed by atoms with van der Waals surface area (Å²) in [5.74, 6) is 5.72. The van der Waals surface area contributed by atoms with E-state index in [2.05, 4.69) is 27.1 Å². The summed E-state index contributed by atoms with van der Waals surface area (Å²) in [4.78, 5) is 20.3. The topological polar surface area (TPSA) is 80.9 Å². The second-order valence-corrected chi connectivity index (χ2v) is 4.06. The molecule has 0 aliphatic carbocycles. The fourth-order valence-corrected chi connectivity index (χ4v) is 1.51. The van der Waals surface area contributed by atoms with Gasteiger partial charge >= 0.3 is 0 Å². The minimum Gasteiger partial charge on any atom is -0.320 e. The summed E-state index contributed by atoms with van der Waals surface area (Å²) in [6, 6.07) is 8.73. The lowest BCUT2D eigenvalue weighted by Crippen LogP contribution is -2.13. The molecule has 0 aliphatic rings. The van der Waals surface area contributed by atoms with E-state index < -0.39 is 0 Å². The number of nitrogens with zero attached hydrogens (tertiary/aromatic N) is 2. The molecule has 2 aromatic heterocycles. The number of hydrogen-bond acceptors (Lipinski definition) is 4. The SMILES string of the molecule is Cc1ccc(C(=O)Nc2cccc(C#CCN)n2)cn1. The molecule has 2 aromatic rings. The minimum atomic E-state index is -0.256. The van der Waals surface area contributed by atoms with Gasteiger partial charge in [0.25, 0.3) is 5.91 Å². The van der Waals surface area contributed by atoms with Crippen LogP contribution in [0, 0.1) is 18.8 Å². The minimum absolute atomic E-state index is 0.256. The van der Waals surface area contributed by atoms with Gasteiger partial charge < -0.3 is 11.1 Å². The van der Waals surface area contributed by atoms with Crippen molar-refractivity contribution in [2.24, 2.45) is 5.73 Å². The van der Waals surface area contributed by atoms with Crippen molar-refractivity contribution in [3.05, 3.63) is 53.5 Å². The maximum atomic E-state index is 12.0. The van der Waals surface area contributed by atoms with E-state index in [0.29, 0.717) is 17.1 Å². The van der Waals surface area contributed by atoms with Gasteiger partial charge in [-0.05, 0) is 37.1 Å². The Morgan fingerprint density at radius 3 is 2.90 bits per heavy atom. The lowest BCUT2D eigenvalue weighted by atomic mass is 10.2. The van der Waals surface area contributed by atoms with Gasteiger partial charge in [-0.3, -0.25) is 9.78 Å². The molecule has 0 unspecified atom stereocenters. The van der Waals surface area contributed by atoms with E-state index in [4.69, 9.17) is 5.73 Å². The number of hydrogen-bond donors (Lipinski definition) is 2. The maximum absolute atomic E-state index is 12.0. The molecule has 3 N–H and O–H groups in total. The number of pyridine rings is 2. The second kappa shape index (κ2) is 6.45. The lowest BCUT2D eigenvalue weighted by molar-refractivity contribution is 0.102. The average molecular weight is 266 g/mol. The van der Waals surface area contributed by atoms with E-state index in [1.165, 1.54) is 6.20 Å². The molecule has 0 radical (unpaired) electrons. The number of aryl methyl sites for hydroxylation is 1. The van der Waals surface area contributed by atoms with Crippen molar-refractivity contribution in [2.45, 2.75) is 6.92 Å². The van der Waals surface area contributed by atoms with Crippen molar-refractivity contribution in [1.82, 2.24) is 9.97 Å². The number of carbonyl (C=O) groups excluding carboxylic acids is 1. The van der Waals surface area contributed by atoms with Crippen molar-refractivity contribution in [1.29, 1.82) is 0 Å². The smallest absolute Gasteiger partial charge is 0.258 e. The summed E-state index contributed by atoms with van der Waals surface area (Å²) in [6.07, 6.45) is 1.53. The van der Waals surface area contributed by atoms with Gasteiger partial charge in [0.1, 0.15) is 11.5 Å². The van der Waals surface area contributed by atoms with E-state index in [0.717, 1.165) is 5.69 Å². The van der Waals surface area contributed by atoms with Crippen LogP contribution in [0.1, 0.15) is 21.7 Å².